The molecule has 0 radical (unpaired) electrons. The smallest absolute Gasteiger partial charge is 0.0705 e. The molecule has 0 saturated carbocycles. The van der Waals surface area contributed by atoms with Crippen molar-refractivity contribution in [1.29, 1.82) is 0 Å². The van der Waals surface area contributed by atoms with Crippen LogP contribution in [-0.4, -0.2) is 40.0 Å². The summed E-state index contributed by atoms with van der Waals surface area (Å²) in [6, 6.07) is 2.96. The fourth-order valence-electron chi connectivity index (χ4n) is 3.02. The molecule has 1 aliphatic rings. The van der Waals surface area contributed by atoms with Gasteiger partial charge in [-0.3, -0.25) is 4.90 Å². The number of nitrogens with zero attached hydrogens (tertiary/aromatic N) is 2. The Kier molecular flexibility index (Phi) is 4.65. The van der Waals surface area contributed by atoms with E-state index < -0.39 is 0 Å². The van der Waals surface area contributed by atoms with Crippen LogP contribution in [0.1, 0.15) is 55.4 Å². The van der Waals surface area contributed by atoms with Crippen LogP contribution in [0.5, 0.6) is 0 Å². The Hall–Kier alpha value is -0.500. The van der Waals surface area contributed by atoms with Crippen LogP contribution in [0, 0.1) is 0 Å². The summed E-state index contributed by atoms with van der Waals surface area (Å²) in [6.07, 6.45) is 2.42. The van der Waals surface area contributed by atoms with Gasteiger partial charge in [-0.2, -0.15) is 0 Å². The average Bonchev–Trinajstić information content (AvgIpc) is 2.81. The van der Waals surface area contributed by atoms with Gasteiger partial charge in [0.2, 0.25) is 0 Å². The molecule has 0 spiro atoms. The minimum absolute atomic E-state index is 0.569. The zero-order valence-corrected chi connectivity index (χ0v) is 12.9. The van der Waals surface area contributed by atoms with Crippen LogP contribution >= 0.6 is 0 Å². The first kappa shape index (κ1) is 14.6. The SMILES string of the molecule is CC(C)N(C1=CC1N(C(C)C)C(C)C)C(C)C. The van der Waals surface area contributed by atoms with Gasteiger partial charge in [0.1, 0.15) is 0 Å². The van der Waals surface area contributed by atoms with Crippen molar-refractivity contribution in [1.82, 2.24) is 9.80 Å². The Morgan fingerprint density at radius 2 is 1.18 bits per heavy atom. The zero-order valence-electron chi connectivity index (χ0n) is 12.9. The van der Waals surface area contributed by atoms with E-state index in [0.29, 0.717) is 30.2 Å². The monoisotopic (exact) mass is 238 g/mol. The van der Waals surface area contributed by atoms with E-state index in [2.05, 4.69) is 71.3 Å². The first-order valence-electron chi connectivity index (χ1n) is 7.04. The highest BCUT2D eigenvalue weighted by Crippen LogP contribution is 2.35. The number of hydrogen-bond acceptors (Lipinski definition) is 2. The van der Waals surface area contributed by atoms with Gasteiger partial charge in [0.05, 0.1) is 6.04 Å². The van der Waals surface area contributed by atoms with Crippen LogP contribution < -0.4 is 0 Å². The van der Waals surface area contributed by atoms with Gasteiger partial charge >= 0.3 is 0 Å². The van der Waals surface area contributed by atoms with Crippen molar-refractivity contribution in [3.8, 4) is 0 Å². The van der Waals surface area contributed by atoms with Gasteiger partial charge in [0.15, 0.2) is 0 Å². The zero-order chi connectivity index (χ0) is 13.3. The molecule has 0 N–H and O–H groups in total. The third-order valence-corrected chi connectivity index (χ3v) is 3.45. The van der Waals surface area contributed by atoms with Gasteiger partial charge in [-0.25, -0.2) is 0 Å². The van der Waals surface area contributed by atoms with Crippen LogP contribution in [0.25, 0.3) is 0 Å². The highest BCUT2D eigenvalue weighted by molar-refractivity contribution is 5.35. The molecule has 1 aliphatic carbocycles. The summed E-state index contributed by atoms with van der Waals surface area (Å²) < 4.78 is 0. The molecule has 0 aromatic rings. The van der Waals surface area contributed by atoms with E-state index in [9.17, 15) is 0 Å². The van der Waals surface area contributed by atoms with Gasteiger partial charge in [-0.1, -0.05) is 0 Å². The standard InChI is InChI=1S/C15H30N2/c1-10(2)16(11(3)4)14-9-15(14)17(12(5)6)13(7)8/h9-14H,1-8H3. The number of rotatable bonds is 6. The van der Waals surface area contributed by atoms with Crippen LogP contribution in [0.2, 0.25) is 0 Å². The second-order valence-electron chi connectivity index (χ2n) is 6.27. The third-order valence-electron chi connectivity index (χ3n) is 3.45. The molecule has 1 unspecified atom stereocenters. The third kappa shape index (κ3) is 3.25. The minimum Gasteiger partial charge on any atom is -0.369 e. The molecular weight excluding hydrogens is 208 g/mol. The van der Waals surface area contributed by atoms with Gasteiger partial charge in [0, 0.05) is 29.9 Å². The Bertz CT molecular complexity index is 261. The summed E-state index contributed by atoms with van der Waals surface area (Å²) in [5.41, 5.74) is 1.53. The quantitative estimate of drug-likeness (QED) is 0.699. The predicted octanol–water partition coefficient (Wildman–Crippen LogP) is 3.49. The summed E-state index contributed by atoms with van der Waals surface area (Å²) in [4.78, 5) is 5.13. The lowest BCUT2D eigenvalue weighted by Crippen LogP contribution is -2.44. The van der Waals surface area contributed by atoms with Gasteiger partial charge in [-0.15, -0.1) is 0 Å². The van der Waals surface area contributed by atoms with Crippen LogP contribution in [0.3, 0.4) is 0 Å². The van der Waals surface area contributed by atoms with E-state index in [1.807, 2.05) is 0 Å². The fourth-order valence-corrected chi connectivity index (χ4v) is 3.02. The van der Waals surface area contributed by atoms with E-state index in [4.69, 9.17) is 0 Å². The largest absolute Gasteiger partial charge is 0.369 e. The minimum atomic E-state index is 0.569. The second kappa shape index (κ2) is 5.43. The van der Waals surface area contributed by atoms with E-state index in [-0.39, 0.29) is 0 Å². The van der Waals surface area contributed by atoms with E-state index in [0.717, 1.165) is 0 Å². The van der Waals surface area contributed by atoms with E-state index in [1.54, 1.807) is 0 Å². The molecule has 0 bridgehead atoms. The highest BCUT2D eigenvalue weighted by atomic mass is 15.3. The summed E-state index contributed by atoms with van der Waals surface area (Å²) in [7, 11) is 0. The highest BCUT2D eigenvalue weighted by Gasteiger charge is 2.38. The topological polar surface area (TPSA) is 6.48 Å². The molecule has 17 heavy (non-hydrogen) atoms. The van der Waals surface area contributed by atoms with Crippen molar-refractivity contribution >= 4 is 0 Å². The summed E-state index contributed by atoms with van der Waals surface area (Å²) >= 11 is 0. The normalized spacial score (nSPS) is 19.8. The van der Waals surface area contributed by atoms with Crippen molar-refractivity contribution in [3.63, 3.8) is 0 Å². The molecule has 1 atom stereocenters. The van der Waals surface area contributed by atoms with E-state index in [1.165, 1.54) is 5.70 Å². The van der Waals surface area contributed by atoms with Gasteiger partial charge < -0.3 is 4.90 Å². The van der Waals surface area contributed by atoms with Crippen molar-refractivity contribution in [2.45, 2.75) is 85.6 Å². The summed E-state index contributed by atoms with van der Waals surface area (Å²) in [5.74, 6) is 0. The molecule has 0 fully saturated rings. The van der Waals surface area contributed by atoms with Crippen LogP contribution in [0.15, 0.2) is 11.8 Å². The Morgan fingerprint density at radius 3 is 1.47 bits per heavy atom. The first-order chi connectivity index (χ1) is 7.77. The van der Waals surface area contributed by atoms with E-state index >= 15 is 0 Å². The maximum Gasteiger partial charge on any atom is 0.0705 e. The molecule has 1 rings (SSSR count). The lowest BCUT2D eigenvalue weighted by molar-refractivity contribution is 0.146. The average molecular weight is 238 g/mol. The van der Waals surface area contributed by atoms with Crippen LogP contribution in [0.4, 0.5) is 0 Å². The first-order valence-corrected chi connectivity index (χ1v) is 7.04. The predicted molar refractivity (Wildman–Crippen MR) is 76.1 cm³/mol. The Balaban J connectivity index is 2.70. The molecule has 0 aliphatic heterocycles. The second-order valence-corrected chi connectivity index (χ2v) is 6.27. The Morgan fingerprint density at radius 1 is 0.765 bits per heavy atom. The maximum absolute atomic E-state index is 2.59. The van der Waals surface area contributed by atoms with Crippen molar-refractivity contribution in [3.05, 3.63) is 11.8 Å². The van der Waals surface area contributed by atoms with Gasteiger partial charge in [-0.05, 0) is 61.5 Å². The molecule has 0 amide bonds. The number of hydrogen-bond donors (Lipinski definition) is 0. The summed E-state index contributed by atoms with van der Waals surface area (Å²) in [5, 5.41) is 0. The molecule has 2 nitrogen and oxygen atoms in total. The lowest BCUT2D eigenvalue weighted by atomic mass is 10.2. The van der Waals surface area contributed by atoms with Gasteiger partial charge in [0.25, 0.3) is 0 Å². The molecule has 100 valence electrons. The molecule has 2 heteroatoms. The maximum atomic E-state index is 2.59. The molecular formula is C15H30N2. The summed E-state index contributed by atoms with van der Waals surface area (Å²) in [6.45, 7) is 18.3. The van der Waals surface area contributed by atoms with Crippen LogP contribution in [-0.2, 0) is 0 Å². The molecule has 0 aromatic carbocycles. The fraction of sp³-hybridized carbons (Fsp3) is 0.867. The molecule has 0 saturated heterocycles. The Labute approximate surface area is 108 Å². The van der Waals surface area contributed by atoms with Crippen molar-refractivity contribution < 1.29 is 0 Å². The van der Waals surface area contributed by atoms with Crippen molar-refractivity contribution in [2.75, 3.05) is 0 Å². The molecule has 0 aromatic heterocycles. The molecule has 0 heterocycles. The lowest BCUT2D eigenvalue weighted by Gasteiger charge is -2.36. The van der Waals surface area contributed by atoms with Crippen molar-refractivity contribution in [2.24, 2.45) is 0 Å².